The van der Waals surface area contributed by atoms with Gasteiger partial charge < -0.3 is 19.7 Å². The minimum atomic E-state index is -4.43. The molecule has 2 atom stereocenters. The molecule has 11 heteroatoms. The maximum absolute atomic E-state index is 14.6. The van der Waals surface area contributed by atoms with E-state index in [1.54, 1.807) is 0 Å². The fraction of sp³-hybridized carbons (Fsp3) is 0.297. The lowest BCUT2D eigenvalue weighted by Crippen LogP contribution is -2.54. The standard InChI is InChI=1S/C37H42FN3O6S/c1-6-27(3)39-37(43)33(22-28-13-8-7-9-14-28)40(24-29-15-11-10-12-26(29)2)36(42)25-41(31-18-16-30(38)17-19-31)48(44,45)32-20-21-34(46-4)35(23-32)47-5/h7-21,23,27,33H,6,22,24-25H2,1-5H3,(H,39,43)/t27-,33+/m0/s1. The lowest BCUT2D eigenvalue weighted by Gasteiger charge is -2.34. The number of anilines is 1. The van der Waals surface area contributed by atoms with E-state index in [0.29, 0.717) is 12.2 Å². The van der Waals surface area contributed by atoms with E-state index in [9.17, 15) is 22.4 Å². The molecule has 0 fully saturated rings. The van der Waals surface area contributed by atoms with Gasteiger partial charge in [-0.05, 0) is 73.4 Å². The van der Waals surface area contributed by atoms with Gasteiger partial charge in [0.25, 0.3) is 10.0 Å². The van der Waals surface area contributed by atoms with Gasteiger partial charge in [0.2, 0.25) is 11.8 Å². The molecule has 4 aromatic rings. The summed E-state index contributed by atoms with van der Waals surface area (Å²) >= 11 is 0. The number of methoxy groups -OCH3 is 2. The zero-order valence-electron chi connectivity index (χ0n) is 27.9. The van der Waals surface area contributed by atoms with Gasteiger partial charge in [-0.2, -0.15) is 0 Å². The van der Waals surface area contributed by atoms with E-state index in [0.717, 1.165) is 33.1 Å². The monoisotopic (exact) mass is 675 g/mol. The topological polar surface area (TPSA) is 105 Å². The molecule has 9 nitrogen and oxygen atoms in total. The number of sulfonamides is 1. The average molecular weight is 676 g/mol. The van der Waals surface area contributed by atoms with Crippen molar-refractivity contribution in [3.63, 3.8) is 0 Å². The molecule has 0 saturated heterocycles. The van der Waals surface area contributed by atoms with Crippen LogP contribution in [-0.2, 0) is 32.6 Å². The fourth-order valence-electron chi connectivity index (χ4n) is 5.21. The molecular formula is C37H42FN3O6S. The summed E-state index contributed by atoms with van der Waals surface area (Å²) in [7, 11) is -1.62. The number of nitrogens with one attached hydrogen (secondary N) is 1. The highest BCUT2D eigenvalue weighted by Crippen LogP contribution is 2.32. The molecule has 0 spiro atoms. The number of hydrogen-bond acceptors (Lipinski definition) is 6. The third kappa shape index (κ3) is 8.71. The predicted octanol–water partition coefficient (Wildman–Crippen LogP) is 5.90. The van der Waals surface area contributed by atoms with Gasteiger partial charge in [0, 0.05) is 25.1 Å². The van der Waals surface area contributed by atoms with Gasteiger partial charge in [-0.25, -0.2) is 12.8 Å². The van der Waals surface area contributed by atoms with E-state index in [-0.39, 0.29) is 41.2 Å². The number of ether oxygens (including phenoxy) is 2. The summed E-state index contributed by atoms with van der Waals surface area (Å²) in [5.41, 5.74) is 2.61. The molecule has 4 aromatic carbocycles. The molecule has 0 saturated carbocycles. The molecule has 0 aromatic heterocycles. The summed E-state index contributed by atoms with van der Waals surface area (Å²) in [6.45, 7) is 5.13. The fourth-order valence-corrected chi connectivity index (χ4v) is 6.64. The SMILES string of the molecule is CC[C@H](C)NC(=O)[C@@H](Cc1ccccc1)N(Cc1ccccc1C)C(=O)CN(c1ccc(F)cc1)S(=O)(=O)c1ccc(OC)c(OC)c1. The van der Waals surface area contributed by atoms with Gasteiger partial charge in [-0.1, -0.05) is 61.5 Å². The lowest BCUT2D eigenvalue weighted by molar-refractivity contribution is -0.140. The van der Waals surface area contributed by atoms with Crippen molar-refractivity contribution in [2.75, 3.05) is 25.1 Å². The number of halogens is 1. The van der Waals surface area contributed by atoms with Crippen molar-refractivity contribution in [2.24, 2.45) is 0 Å². The van der Waals surface area contributed by atoms with Gasteiger partial charge in [-0.15, -0.1) is 0 Å². The quantitative estimate of drug-likeness (QED) is 0.168. The van der Waals surface area contributed by atoms with Crippen LogP contribution < -0.4 is 19.1 Å². The number of carbonyl (C=O) groups is 2. The Hall–Kier alpha value is -4.90. The Morgan fingerprint density at radius 2 is 1.52 bits per heavy atom. The first-order valence-corrected chi connectivity index (χ1v) is 17.1. The largest absolute Gasteiger partial charge is 0.493 e. The Bertz CT molecular complexity index is 1800. The number of rotatable bonds is 15. The van der Waals surface area contributed by atoms with Crippen molar-refractivity contribution in [1.29, 1.82) is 0 Å². The van der Waals surface area contributed by atoms with E-state index < -0.39 is 34.3 Å². The molecule has 0 heterocycles. The Kier molecular flexibility index (Phi) is 12.2. The first-order valence-electron chi connectivity index (χ1n) is 15.7. The second kappa shape index (κ2) is 16.3. The summed E-state index contributed by atoms with van der Waals surface area (Å²) in [6, 6.07) is 24.7. The van der Waals surface area contributed by atoms with Crippen LogP contribution in [0.1, 0.15) is 37.0 Å². The molecule has 0 radical (unpaired) electrons. The average Bonchev–Trinajstić information content (AvgIpc) is 3.09. The number of amides is 2. The van der Waals surface area contributed by atoms with Crippen molar-refractivity contribution in [3.05, 3.63) is 120 Å². The van der Waals surface area contributed by atoms with Crippen molar-refractivity contribution < 1.29 is 31.9 Å². The van der Waals surface area contributed by atoms with Gasteiger partial charge >= 0.3 is 0 Å². The van der Waals surface area contributed by atoms with Crippen LogP contribution in [0.25, 0.3) is 0 Å². The van der Waals surface area contributed by atoms with Crippen molar-refractivity contribution in [3.8, 4) is 11.5 Å². The van der Waals surface area contributed by atoms with E-state index in [4.69, 9.17) is 9.47 Å². The highest BCUT2D eigenvalue weighted by Gasteiger charge is 2.35. The second-order valence-electron chi connectivity index (χ2n) is 11.5. The minimum absolute atomic E-state index is 0.0462. The molecule has 0 aliphatic heterocycles. The Labute approximate surface area is 282 Å². The summed E-state index contributed by atoms with van der Waals surface area (Å²) < 4.78 is 54.2. The molecule has 0 aliphatic rings. The predicted molar refractivity (Wildman–Crippen MR) is 184 cm³/mol. The summed E-state index contributed by atoms with van der Waals surface area (Å²) in [4.78, 5) is 29.9. The third-order valence-electron chi connectivity index (χ3n) is 8.21. The number of hydrogen-bond donors (Lipinski definition) is 1. The molecule has 4 rings (SSSR count). The zero-order chi connectivity index (χ0) is 34.8. The number of nitrogens with zero attached hydrogens (tertiary/aromatic N) is 2. The molecule has 48 heavy (non-hydrogen) atoms. The van der Waals surface area contributed by atoms with E-state index in [1.807, 2.05) is 75.4 Å². The van der Waals surface area contributed by atoms with Crippen LogP contribution in [0.4, 0.5) is 10.1 Å². The van der Waals surface area contributed by atoms with E-state index in [2.05, 4.69) is 5.32 Å². The molecular weight excluding hydrogens is 633 g/mol. The van der Waals surface area contributed by atoms with Gasteiger partial charge in [0.1, 0.15) is 18.4 Å². The van der Waals surface area contributed by atoms with Crippen LogP contribution in [0.3, 0.4) is 0 Å². The highest BCUT2D eigenvalue weighted by molar-refractivity contribution is 7.92. The van der Waals surface area contributed by atoms with Crippen LogP contribution in [0, 0.1) is 12.7 Å². The number of carbonyl (C=O) groups excluding carboxylic acids is 2. The van der Waals surface area contributed by atoms with Gasteiger partial charge in [-0.3, -0.25) is 13.9 Å². The summed E-state index contributed by atoms with van der Waals surface area (Å²) in [5.74, 6) is -1.05. The molecule has 1 N–H and O–H groups in total. The first-order chi connectivity index (χ1) is 23.0. The maximum atomic E-state index is 14.6. The Balaban J connectivity index is 1.84. The van der Waals surface area contributed by atoms with Crippen molar-refractivity contribution in [2.45, 2.75) is 57.1 Å². The molecule has 254 valence electrons. The van der Waals surface area contributed by atoms with Crippen LogP contribution in [-0.4, -0.2) is 58.0 Å². The number of benzene rings is 4. The van der Waals surface area contributed by atoms with Crippen LogP contribution in [0.5, 0.6) is 11.5 Å². The van der Waals surface area contributed by atoms with Crippen molar-refractivity contribution >= 4 is 27.5 Å². The first kappa shape index (κ1) is 35.9. The van der Waals surface area contributed by atoms with Crippen molar-refractivity contribution in [1.82, 2.24) is 10.2 Å². The minimum Gasteiger partial charge on any atom is -0.493 e. The smallest absolute Gasteiger partial charge is 0.264 e. The molecule has 0 unspecified atom stereocenters. The maximum Gasteiger partial charge on any atom is 0.264 e. The lowest BCUT2D eigenvalue weighted by atomic mass is 10.0. The second-order valence-corrected chi connectivity index (χ2v) is 13.3. The third-order valence-corrected chi connectivity index (χ3v) is 9.98. The summed E-state index contributed by atoms with van der Waals surface area (Å²) in [6.07, 6.45) is 0.872. The normalized spacial score (nSPS) is 12.5. The molecule has 0 bridgehead atoms. The van der Waals surface area contributed by atoms with Crippen LogP contribution in [0.2, 0.25) is 0 Å². The Morgan fingerprint density at radius 3 is 2.15 bits per heavy atom. The molecule has 0 aliphatic carbocycles. The van der Waals surface area contributed by atoms with Crippen LogP contribution in [0.15, 0.2) is 102 Å². The zero-order valence-corrected chi connectivity index (χ0v) is 28.7. The number of aryl methyl sites for hydroxylation is 1. The summed E-state index contributed by atoms with van der Waals surface area (Å²) in [5, 5.41) is 3.02. The van der Waals surface area contributed by atoms with Gasteiger partial charge in [0.15, 0.2) is 11.5 Å². The van der Waals surface area contributed by atoms with E-state index >= 15 is 0 Å². The Morgan fingerprint density at radius 1 is 0.875 bits per heavy atom. The van der Waals surface area contributed by atoms with Crippen LogP contribution >= 0.6 is 0 Å². The molecule has 2 amide bonds. The van der Waals surface area contributed by atoms with Gasteiger partial charge in [0.05, 0.1) is 24.8 Å². The highest BCUT2D eigenvalue weighted by atomic mass is 32.2. The van der Waals surface area contributed by atoms with E-state index in [1.165, 1.54) is 49.5 Å².